The molecule has 0 atom stereocenters. The molecular formula is C74H45NO3. The van der Waals surface area contributed by atoms with Gasteiger partial charge in [0.05, 0.1) is 10.8 Å². The third-order valence-corrected chi connectivity index (χ3v) is 17.2. The van der Waals surface area contributed by atoms with Gasteiger partial charge in [-0.25, -0.2) is 0 Å². The predicted molar refractivity (Wildman–Crippen MR) is 314 cm³/mol. The Bertz CT molecular complexity index is 4550. The molecule has 2 spiro atoms. The van der Waals surface area contributed by atoms with Crippen LogP contribution in [0.2, 0.25) is 0 Å². The van der Waals surface area contributed by atoms with Crippen molar-refractivity contribution in [3.63, 3.8) is 0 Å². The highest BCUT2D eigenvalue weighted by Gasteiger charge is 2.52. The normalized spacial score (nSPS) is 14.1. The Morgan fingerprint density at radius 3 is 1.28 bits per heavy atom. The number of hydrogen-bond donors (Lipinski definition) is 0. The van der Waals surface area contributed by atoms with E-state index in [-0.39, 0.29) is 0 Å². The molecule has 0 fully saturated rings. The summed E-state index contributed by atoms with van der Waals surface area (Å²) in [6.07, 6.45) is 0. The maximum atomic E-state index is 6.73. The van der Waals surface area contributed by atoms with Gasteiger partial charge in [-0.3, -0.25) is 0 Å². The fourth-order valence-corrected chi connectivity index (χ4v) is 14.1. The largest absolute Gasteiger partial charge is 0.457 e. The van der Waals surface area contributed by atoms with Crippen LogP contribution in [0.5, 0.6) is 23.0 Å². The Balaban J connectivity index is 0.830. The lowest BCUT2D eigenvalue weighted by Crippen LogP contribution is -2.32. The second kappa shape index (κ2) is 16.2. The maximum Gasteiger partial charge on any atom is 0.136 e. The molecule has 3 heterocycles. The van der Waals surface area contributed by atoms with E-state index in [2.05, 4.69) is 266 Å². The van der Waals surface area contributed by atoms with Crippen LogP contribution in [0.4, 0.5) is 17.1 Å². The predicted octanol–water partition coefficient (Wildman–Crippen LogP) is 19.3. The van der Waals surface area contributed by atoms with Crippen LogP contribution in [0.15, 0.2) is 277 Å². The summed E-state index contributed by atoms with van der Waals surface area (Å²) in [4.78, 5) is 2.41. The molecule has 13 aromatic rings. The molecule has 0 amide bonds. The van der Waals surface area contributed by atoms with Crippen LogP contribution in [-0.4, -0.2) is 0 Å². The van der Waals surface area contributed by atoms with Crippen molar-refractivity contribution >= 4 is 39.0 Å². The number of rotatable bonds is 5. The third-order valence-electron chi connectivity index (χ3n) is 17.2. The first-order chi connectivity index (χ1) is 38.7. The van der Waals surface area contributed by atoms with E-state index < -0.39 is 10.8 Å². The molecule has 0 bridgehead atoms. The maximum absolute atomic E-state index is 6.73. The van der Waals surface area contributed by atoms with E-state index in [9.17, 15) is 0 Å². The molecule has 0 unspecified atom stereocenters. The van der Waals surface area contributed by atoms with Gasteiger partial charge in [-0.15, -0.1) is 0 Å². The minimum absolute atomic E-state index is 0.515. The summed E-state index contributed by atoms with van der Waals surface area (Å²) in [5.74, 6) is 3.54. The van der Waals surface area contributed by atoms with Gasteiger partial charge < -0.3 is 18.8 Å². The van der Waals surface area contributed by atoms with Crippen LogP contribution >= 0.6 is 0 Å². The monoisotopic (exact) mass is 995 g/mol. The van der Waals surface area contributed by atoms with Gasteiger partial charge in [0.2, 0.25) is 0 Å². The second-order valence-electron chi connectivity index (χ2n) is 21.0. The molecule has 0 saturated heterocycles. The van der Waals surface area contributed by atoms with Crippen LogP contribution in [0.3, 0.4) is 0 Å². The summed E-state index contributed by atoms with van der Waals surface area (Å²) in [6.45, 7) is 0. The van der Waals surface area contributed by atoms with Gasteiger partial charge in [0.25, 0.3) is 0 Å². The van der Waals surface area contributed by atoms with Gasteiger partial charge in [-0.2, -0.15) is 0 Å². The van der Waals surface area contributed by atoms with Crippen LogP contribution in [0, 0.1) is 0 Å². The first-order valence-electron chi connectivity index (χ1n) is 26.8. The first-order valence-corrected chi connectivity index (χ1v) is 26.8. The highest BCUT2D eigenvalue weighted by Crippen LogP contribution is 2.64. The Morgan fingerprint density at radius 1 is 0.256 bits per heavy atom. The number of hydrogen-bond acceptors (Lipinski definition) is 4. The van der Waals surface area contributed by atoms with Crippen molar-refractivity contribution in [1.29, 1.82) is 0 Å². The van der Waals surface area contributed by atoms with Gasteiger partial charge in [0.1, 0.15) is 34.2 Å². The molecule has 4 aliphatic rings. The molecule has 2 aliphatic heterocycles. The number of ether oxygens (including phenoxy) is 2. The van der Waals surface area contributed by atoms with E-state index in [0.29, 0.717) is 0 Å². The zero-order valence-electron chi connectivity index (χ0n) is 42.2. The zero-order chi connectivity index (χ0) is 51.1. The van der Waals surface area contributed by atoms with E-state index in [1.165, 1.54) is 55.6 Å². The lowest BCUT2D eigenvalue weighted by Gasteiger charge is -2.39. The van der Waals surface area contributed by atoms with Crippen molar-refractivity contribution in [2.24, 2.45) is 0 Å². The van der Waals surface area contributed by atoms with E-state index in [0.717, 1.165) is 95.4 Å². The topological polar surface area (TPSA) is 34.8 Å². The molecule has 0 saturated carbocycles. The minimum Gasteiger partial charge on any atom is -0.457 e. The standard InChI is InChI=1S/C74H45NO3/c1-4-20-58-53(16-1)55-42-41-51(45-65(55)74(58)63-24-8-13-29-69(63)78-70-30-14-9-25-64(70)74)75(50-39-34-47(35-40-50)52-19-15-31-71-72(52)56-18-3-10-26-66(56)76-71)49-37-32-46(33-38-49)48-36-43-60-57(44-48)54-17-2-5-21-59(54)73(60)61-22-6-11-27-67(61)77-68-28-12-7-23-62(68)73/h1-45H. The van der Waals surface area contributed by atoms with Gasteiger partial charge in [0, 0.05) is 50.1 Å². The van der Waals surface area contributed by atoms with E-state index in [4.69, 9.17) is 13.9 Å². The molecule has 0 N–H and O–H groups in total. The van der Waals surface area contributed by atoms with Crippen molar-refractivity contribution in [3.05, 3.63) is 317 Å². The molecule has 1 aromatic heterocycles. The molecule has 4 nitrogen and oxygen atoms in total. The summed E-state index contributed by atoms with van der Waals surface area (Å²) >= 11 is 0. The third kappa shape index (κ3) is 5.78. The second-order valence-corrected chi connectivity index (χ2v) is 21.0. The van der Waals surface area contributed by atoms with E-state index in [1.807, 2.05) is 12.1 Å². The van der Waals surface area contributed by atoms with Crippen molar-refractivity contribution in [2.75, 3.05) is 4.90 Å². The van der Waals surface area contributed by atoms with Gasteiger partial charge in [0.15, 0.2) is 0 Å². The number of furan rings is 1. The van der Waals surface area contributed by atoms with Crippen LogP contribution in [0.1, 0.15) is 44.5 Å². The lowest BCUT2D eigenvalue weighted by atomic mass is 9.66. The molecule has 12 aromatic carbocycles. The number of benzene rings is 12. The quantitative estimate of drug-likeness (QED) is 0.172. The van der Waals surface area contributed by atoms with Gasteiger partial charge in [-0.1, -0.05) is 194 Å². The molecule has 78 heavy (non-hydrogen) atoms. The lowest BCUT2D eigenvalue weighted by molar-refractivity contribution is 0.436. The summed E-state index contributed by atoms with van der Waals surface area (Å²) in [5.41, 5.74) is 23.0. The molecule has 364 valence electrons. The van der Waals surface area contributed by atoms with Crippen LogP contribution in [-0.2, 0) is 10.8 Å². The summed E-state index contributed by atoms with van der Waals surface area (Å²) in [7, 11) is 0. The van der Waals surface area contributed by atoms with Gasteiger partial charge >= 0.3 is 0 Å². The highest BCUT2D eigenvalue weighted by atomic mass is 16.5. The van der Waals surface area contributed by atoms with Crippen molar-refractivity contribution in [3.8, 4) is 67.5 Å². The van der Waals surface area contributed by atoms with Crippen molar-refractivity contribution in [2.45, 2.75) is 10.8 Å². The van der Waals surface area contributed by atoms with E-state index in [1.54, 1.807) is 0 Å². The summed E-state index contributed by atoms with van der Waals surface area (Å²) < 4.78 is 19.7. The Labute approximate surface area is 451 Å². The Morgan fingerprint density at radius 2 is 0.679 bits per heavy atom. The smallest absolute Gasteiger partial charge is 0.136 e. The molecule has 17 rings (SSSR count). The SMILES string of the molecule is c1ccc2c(c1)Oc1ccccc1C21c2ccccc2-c2cc(-c3ccc(N(c4ccc(-c5cccc6oc7ccccc7c56)cc4)c4ccc5c(c4)C4(c6ccccc6Oc6ccccc64)c4ccccc4-5)cc3)ccc21. The van der Waals surface area contributed by atoms with E-state index >= 15 is 0 Å². The molecule has 4 heteroatoms. The van der Waals surface area contributed by atoms with Crippen LogP contribution in [0.25, 0.3) is 66.4 Å². The fraction of sp³-hybridized carbons (Fsp3) is 0.0270. The average molecular weight is 996 g/mol. The Kier molecular flexibility index (Phi) is 8.94. The van der Waals surface area contributed by atoms with Gasteiger partial charge in [-0.05, 0) is 146 Å². The average Bonchev–Trinajstić information content (AvgIpc) is 4.07. The minimum atomic E-state index is -0.613. The van der Waals surface area contributed by atoms with Crippen LogP contribution < -0.4 is 14.4 Å². The Hall–Kier alpha value is -10.2. The first kappa shape index (κ1) is 43.1. The number of para-hydroxylation sites is 5. The number of fused-ring (bicyclic) bond motifs is 21. The number of nitrogens with zero attached hydrogens (tertiary/aromatic N) is 1. The summed E-state index contributed by atoms with van der Waals surface area (Å²) in [5, 5.41) is 2.24. The fourth-order valence-electron chi connectivity index (χ4n) is 14.1. The van der Waals surface area contributed by atoms with Crippen molar-refractivity contribution < 1.29 is 13.9 Å². The molecule has 2 aliphatic carbocycles. The molecule has 0 radical (unpaired) electrons. The summed E-state index contributed by atoms with van der Waals surface area (Å²) in [6, 6.07) is 99.2. The van der Waals surface area contributed by atoms with Crippen molar-refractivity contribution in [1.82, 2.24) is 0 Å². The molecular weight excluding hydrogens is 951 g/mol. The zero-order valence-corrected chi connectivity index (χ0v) is 42.2. The number of anilines is 3. The highest BCUT2D eigenvalue weighted by molar-refractivity contribution is 6.12.